The van der Waals surface area contributed by atoms with Gasteiger partial charge in [-0.1, -0.05) is 6.07 Å². The molecule has 1 aromatic heterocycles. The van der Waals surface area contributed by atoms with Gasteiger partial charge >= 0.3 is 0 Å². The number of aromatic nitrogens is 1. The Labute approximate surface area is 118 Å². The summed E-state index contributed by atoms with van der Waals surface area (Å²) in [4.78, 5) is 3.69. The van der Waals surface area contributed by atoms with Crippen LogP contribution in [0.3, 0.4) is 0 Å². The van der Waals surface area contributed by atoms with Gasteiger partial charge in [-0.05, 0) is 44.1 Å². The Bertz CT molecular complexity index is 555. The van der Waals surface area contributed by atoms with Crippen LogP contribution in [-0.2, 0) is 0 Å². The van der Waals surface area contributed by atoms with Crippen LogP contribution in [-0.4, -0.2) is 24.1 Å². The van der Waals surface area contributed by atoms with Gasteiger partial charge in [-0.3, -0.25) is 0 Å². The molecular weight excluding hydrogens is 265 g/mol. The van der Waals surface area contributed by atoms with E-state index < -0.39 is 5.95 Å². The van der Waals surface area contributed by atoms with E-state index in [1.54, 1.807) is 6.07 Å². The second-order valence-corrected chi connectivity index (χ2v) is 4.67. The maximum atomic E-state index is 13.6. The summed E-state index contributed by atoms with van der Waals surface area (Å²) < 4.78 is 13.6. The van der Waals surface area contributed by atoms with Crippen molar-refractivity contribution in [3.63, 3.8) is 0 Å². The van der Waals surface area contributed by atoms with Crippen molar-refractivity contribution in [1.82, 2.24) is 10.3 Å². The molecule has 1 aromatic carbocycles. The SMILES string of the molecule is Cl.Fc1nccc2c(NC3CCNCC3)cccc12. The Hall–Kier alpha value is -1.39. The number of piperidine rings is 1. The van der Waals surface area contributed by atoms with E-state index in [9.17, 15) is 4.39 Å². The highest BCUT2D eigenvalue weighted by atomic mass is 35.5. The molecule has 3 nitrogen and oxygen atoms in total. The Kier molecular flexibility index (Phi) is 4.56. The summed E-state index contributed by atoms with van der Waals surface area (Å²) >= 11 is 0. The second-order valence-electron chi connectivity index (χ2n) is 4.67. The third-order valence-electron chi connectivity index (χ3n) is 3.46. The molecule has 102 valence electrons. The highest BCUT2D eigenvalue weighted by Gasteiger charge is 2.14. The Morgan fingerprint density at radius 1 is 1.16 bits per heavy atom. The summed E-state index contributed by atoms with van der Waals surface area (Å²) in [5.74, 6) is -0.401. The molecule has 2 aromatic rings. The van der Waals surface area contributed by atoms with E-state index in [2.05, 4.69) is 15.6 Å². The molecule has 5 heteroatoms. The first-order valence-corrected chi connectivity index (χ1v) is 6.35. The molecule has 0 saturated carbocycles. The van der Waals surface area contributed by atoms with Gasteiger partial charge in [-0.2, -0.15) is 4.39 Å². The average molecular weight is 282 g/mol. The lowest BCUT2D eigenvalue weighted by Gasteiger charge is -2.25. The van der Waals surface area contributed by atoms with E-state index >= 15 is 0 Å². The average Bonchev–Trinajstić information content (AvgIpc) is 2.41. The van der Waals surface area contributed by atoms with E-state index in [4.69, 9.17) is 0 Å². The summed E-state index contributed by atoms with van der Waals surface area (Å²) in [7, 11) is 0. The molecule has 1 aliphatic heterocycles. The first-order valence-electron chi connectivity index (χ1n) is 6.35. The fourth-order valence-electron chi connectivity index (χ4n) is 2.48. The highest BCUT2D eigenvalue weighted by Crippen LogP contribution is 2.25. The molecule has 1 saturated heterocycles. The Balaban J connectivity index is 0.00000133. The number of rotatable bonds is 2. The first kappa shape index (κ1) is 14.0. The molecular formula is C14H17ClFN3. The fraction of sp³-hybridized carbons (Fsp3) is 0.357. The molecule has 2 heterocycles. The third kappa shape index (κ3) is 2.96. The molecule has 3 rings (SSSR count). The molecule has 0 aliphatic carbocycles. The molecule has 0 unspecified atom stereocenters. The first-order chi connectivity index (χ1) is 8.84. The predicted molar refractivity (Wildman–Crippen MR) is 78.5 cm³/mol. The summed E-state index contributed by atoms with van der Waals surface area (Å²) in [6.45, 7) is 2.08. The number of hydrogen-bond acceptors (Lipinski definition) is 3. The normalized spacial score (nSPS) is 16.1. The minimum absolute atomic E-state index is 0. The lowest BCUT2D eigenvalue weighted by molar-refractivity contribution is 0.479. The molecule has 0 radical (unpaired) electrons. The van der Waals surface area contributed by atoms with Crippen LogP contribution in [0.4, 0.5) is 10.1 Å². The van der Waals surface area contributed by atoms with E-state index in [0.717, 1.165) is 37.0 Å². The molecule has 0 spiro atoms. The topological polar surface area (TPSA) is 37.0 Å². The molecule has 1 fully saturated rings. The lowest BCUT2D eigenvalue weighted by Crippen LogP contribution is -2.35. The monoisotopic (exact) mass is 281 g/mol. The number of pyridine rings is 1. The maximum absolute atomic E-state index is 13.6. The number of fused-ring (bicyclic) bond motifs is 1. The number of hydrogen-bond donors (Lipinski definition) is 2. The van der Waals surface area contributed by atoms with Gasteiger partial charge in [-0.15, -0.1) is 12.4 Å². The van der Waals surface area contributed by atoms with Crippen molar-refractivity contribution in [3.8, 4) is 0 Å². The zero-order valence-corrected chi connectivity index (χ0v) is 11.3. The number of nitrogens with zero attached hydrogens (tertiary/aromatic N) is 1. The van der Waals surface area contributed by atoms with Crippen molar-refractivity contribution in [1.29, 1.82) is 0 Å². The van der Waals surface area contributed by atoms with Crippen LogP contribution in [0.15, 0.2) is 30.5 Å². The van der Waals surface area contributed by atoms with Crippen LogP contribution < -0.4 is 10.6 Å². The maximum Gasteiger partial charge on any atom is 0.220 e. The van der Waals surface area contributed by atoms with Crippen LogP contribution >= 0.6 is 12.4 Å². The highest BCUT2D eigenvalue weighted by molar-refractivity contribution is 5.93. The van der Waals surface area contributed by atoms with Gasteiger partial charge in [0.2, 0.25) is 5.95 Å². The number of nitrogens with one attached hydrogen (secondary N) is 2. The number of anilines is 1. The minimum Gasteiger partial charge on any atom is -0.382 e. The zero-order valence-electron chi connectivity index (χ0n) is 10.5. The van der Waals surface area contributed by atoms with Gasteiger partial charge < -0.3 is 10.6 Å². The summed E-state index contributed by atoms with van der Waals surface area (Å²) in [6, 6.07) is 7.97. The summed E-state index contributed by atoms with van der Waals surface area (Å²) in [5, 5.41) is 8.34. The van der Waals surface area contributed by atoms with Crippen LogP contribution in [0, 0.1) is 5.95 Å². The second kappa shape index (κ2) is 6.17. The van der Waals surface area contributed by atoms with Gasteiger partial charge in [0.1, 0.15) is 0 Å². The standard InChI is InChI=1S/C14H16FN3.ClH/c15-14-12-2-1-3-13(11(12)6-9-17-14)18-10-4-7-16-8-5-10;/h1-3,6,9-10,16,18H,4-5,7-8H2;1H. The van der Waals surface area contributed by atoms with E-state index in [-0.39, 0.29) is 12.4 Å². The zero-order chi connectivity index (χ0) is 12.4. The Morgan fingerprint density at radius 3 is 2.74 bits per heavy atom. The van der Waals surface area contributed by atoms with E-state index in [1.807, 2.05) is 18.2 Å². The van der Waals surface area contributed by atoms with Crippen molar-refractivity contribution in [2.24, 2.45) is 0 Å². The minimum atomic E-state index is -0.401. The van der Waals surface area contributed by atoms with Crippen LogP contribution in [0.2, 0.25) is 0 Å². The fourth-order valence-corrected chi connectivity index (χ4v) is 2.48. The molecule has 0 bridgehead atoms. The van der Waals surface area contributed by atoms with Crippen molar-refractivity contribution < 1.29 is 4.39 Å². The quantitative estimate of drug-likeness (QED) is 0.831. The molecule has 0 amide bonds. The van der Waals surface area contributed by atoms with Crippen molar-refractivity contribution in [2.45, 2.75) is 18.9 Å². The van der Waals surface area contributed by atoms with Gasteiger partial charge in [0.15, 0.2) is 0 Å². The molecule has 0 atom stereocenters. The molecule has 1 aliphatic rings. The van der Waals surface area contributed by atoms with Gasteiger partial charge in [-0.25, -0.2) is 4.98 Å². The van der Waals surface area contributed by atoms with Gasteiger partial charge in [0.05, 0.1) is 0 Å². The van der Waals surface area contributed by atoms with Crippen LogP contribution in [0.1, 0.15) is 12.8 Å². The van der Waals surface area contributed by atoms with Crippen molar-refractivity contribution >= 4 is 28.9 Å². The van der Waals surface area contributed by atoms with E-state index in [0.29, 0.717) is 11.4 Å². The molecule has 2 N–H and O–H groups in total. The lowest BCUT2D eigenvalue weighted by atomic mass is 10.0. The summed E-state index contributed by atoms with van der Waals surface area (Å²) in [6.07, 6.45) is 3.72. The van der Waals surface area contributed by atoms with Crippen LogP contribution in [0.25, 0.3) is 10.8 Å². The predicted octanol–water partition coefficient (Wildman–Crippen LogP) is 2.96. The Morgan fingerprint density at radius 2 is 1.95 bits per heavy atom. The summed E-state index contributed by atoms with van der Waals surface area (Å²) in [5.41, 5.74) is 1.00. The van der Waals surface area contributed by atoms with Gasteiger partial charge in [0, 0.05) is 28.7 Å². The number of benzene rings is 1. The van der Waals surface area contributed by atoms with Gasteiger partial charge in [0.25, 0.3) is 0 Å². The third-order valence-corrected chi connectivity index (χ3v) is 3.46. The van der Waals surface area contributed by atoms with E-state index in [1.165, 1.54) is 6.20 Å². The number of halogens is 2. The van der Waals surface area contributed by atoms with Crippen molar-refractivity contribution in [2.75, 3.05) is 18.4 Å². The largest absolute Gasteiger partial charge is 0.382 e. The smallest absolute Gasteiger partial charge is 0.220 e. The van der Waals surface area contributed by atoms with Crippen LogP contribution in [0.5, 0.6) is 0 Å². The molecule has 19 heavy (non-hydrogen) atoms. The van der Waals surface area contributed by atoms with Crippen molar-refractivity contribution in [3.05, 3.63) is 36.4 Å².